The molecule has 0 saturated heterocycles. The largest absolute Gasteiger partial charge is 0.477 e. The van der Waals surface area contributed by atoms with Crippen LogP contribution in [0.3, 0.4) is 0 Å². The molecule has 2 unspecified atom stereocenters. The second kappa shape index (κ2) is 7.41. The lowest BCUT2D eigenvalue weighted by Gasteiger charge is -2.17. The molecule has 1 aliphatic heterocycles. The minimum Gasteiger partial charge on any atom is -0.477 e. The molecule has 2 N–H and O–H groups in total. The summed E-state index contributed by atoms with van der Waals surface area (Å²) in [6.07, 6.45) is 2.39. The minimum absolute atomic E-state index is 0.122. The van der Waals surface area contributed by atoms with Crippen molar-refractivity contribution < 1.29 is 19.0 Å². The van der Waals surface area contributed by atoms with Gasteiger partial charge in [0.25, 0.3) is 5.91 Å². The number of hydrogen-bond donors (Lipinski definition) is 2. The van der Waals surface area contributed by atoms with Crippen molar-refractivity contribution in [2.45, 2.75) is 38.7 Å². The molecule has 1 aromatic carbocycles. The quantitative estimate of drug-likeness (QED) is 0.809. The molecule has 0 saturated carbocycles. The molecule has 21 heavy (non-hydrogen) atoms. The SMILES string of the molecule is CCCC(CCO)CNC(=O)C1Cc2cccc(F)c2O1. The van der Waals surface area contributed by atoms with Gasteiger partial charge in [0, 0.05) is 25.1 Å². The molecule has 1 aliphatic rings. The number of benzene rings is 1. The number of aliphatic hydroxyl groups is 1. The Morgan fingerprint density at radius 2 is 2.33 bits per heavy atom. The number of ether oxygens (including phenoxy) is 1. The molecule has 5 heteroatoms. The normalized spacial score (nSPS) is 18.0. The number of amides is 1. The highest BCUT2D eigenvalue weighted by Crippen LogP contribution is 2.31. The molecular formula is C16H22FNO3. The number of carbonyl (C=O) groups excluding carboxylic acids is 1. The molecule has 2 atom stereocenters. The molecule has 0 fully saturated rings. The number of nitrogens with one attached hydrogen (secondary N) is 1. The molecule has 0 aliphatic carbocycles. The van der Waals surface area contributed by atoms with Crippen LogP contribution in [0.4, 0.5) is 4.39 Å². The fourth-order valence-corrected chi connectivity index (χ4v) is 2.67. The second-order valence-electron chi connectivity index (χ2n) is 5.45. The average molecular weight is 295 g/mol. The molecule has 4 nitrogen and oxygen atoms in total. The zero-order chi connectivity index (χ0) is 15.2. The Morgan fingerprint density at radius 1 is 1.52 bits per heavy atom. The van der Waals surface area contributed by atoms with Gasteiger partial charge in [0.1, 0.15) is 0 Å². The first kappa shape index (κ1) is 15.8. The Hall–Kier alpha value is -1.62. The van der Waals surface area contributed by atoms with Crippen LogP contribution in [0.1, 0.15) is 31.7 Å². The van der Waals surface area contributed by atoms with Crippen LogP contribution in [0, 0.1) is 11.7 Å². The first-order valence-electron chi connectivity index (χ1n) is 7.48. The Bertz CT molecular complexity index is 486. The summed E-state index contributed by atoms with van der Waals surface area (Å²) in [5.41, 5.74) is 0.732. The number of aliphatic hydroxyl groups excluding tert-OH is 1. The van der Waals surface area contributed by atoms with Gasteiger partial charge in [-0.2, -0.15) is 0 Å². The molecule has 0 spiro atoms. The summed E-state index contributed by atoms with van der Waals surface area (Å²) >= 11 is 0. The third kappa shape index (κ3) is 3.94. The van der Waals surface area contributed by atoms with Crippen LogP contribution in [0.5, 0.6) is 5.75 Å². The minimum atomic E-state index is -0.659. The standard InChI is InChI=1S/C16H22FNO3/c1-2-4-11(7-8-19)10-18-16(20)14-9-12-5-3-6-13(17)15(12)21-14/h3,5-6,11,14,19H,2,4,7-10H2,1H3,(H,18,20). The van der Waals surface area contributed by atoms with Crippen LogP contribution in [-0.2, 0) is 11.2 Å². The highest BCUT2D eigenvalue weighted by atomic mass is 19.1. The van der Waals surface area contributed by atoms with Crippen molar-refractivity contribution in [1.29, 1.82) is 0 Å². The molecular weight excluding hydrogens is 273 g/mol. The number of para-hydroxylation sites is 1. The smallest absolute Gasteiger partial charge is 0.261 e. The monoisotopic (exact) mass is 295 g/mol. The fourth-order valence-electron chi connectivity index (χ4n) is 2.67. The number of halogens is 1. The molecule has 0 bridgehead atoms. The van der Waals surface area contributed by atoms with Crippen LogP contribution in [0.2, 0.25) is 0 Å². The van der Waals surface area contributed by atoms with E-state index in [1.807, 2.05) is 0 Å². The van der Waals surface area contributed by atoms with Gasteiger partial charge in [0.05, 0.1) is 0 Å². The topological polar surface area (TPSA) is 58.6 Å². The zero-order valence-electron chi connectivity index (χ0n) is 12.3. The number of rotatable bonds is 7. The van der Waals surface area contributed by atoms with E-state index in [0.29, 0.717) is 19.4 Å². The highest BCUT2D eigenvalue weighted by molar-refractivity contribution is 5.82. The van der Waals surface area contributed by atoms with Gasteiger partial charge in [-0.05, 0) is 24.8 Å². The van der Waals surface area contributed by atoms with Crippen molar-refractivity contribution in [2.24, 2.45) is 5.92 Å². The van der Waals surface area contributed by atoms with E-state index in [9.17, 15) is 9.18 Å². The van der Waals surface area contributed by atoms with Crippen molar-refractivity contribution in [3.05, 3.63) is 29.6 Å². The lowest BCUT2D eigenvalue weighted by atomic mass is 10.00. The van der Waals surface area contributed by atoms with Gasteiger partial charge < -0.3 is 15.2 Å². The maximum Gasteiger partial charge on any atom is 0.261 e. The zero-order valence-corrected chi connectivity index (χ0v) is 12.3. The number of fused-ring (bicyclic) bond motifs is 1. The lowest BCUT2D eigenvalue weighted by molar-refractivity contribution is -0.127. The van der Waals surface area contributed by atoms with E-state index in [4.69, 9.17) is 9.84 Å². The van der Waals surface area contributed by atoms with Gasteiger partial charge in [-0.3, -0.25) is 4.79 Å². The van der Waals surface area contributed by atoms with E-state index in [1.54, 1.807) is 12.1 Å². The molecule has 0 aromatic heterocycles. The van der Waals surface area contributed by atoms with E-state index in [0.717, 1.165) is 18.4 Å². The summed E-state index contributed by atoms with van der Waals surface area (Å²) < 4.78 is 19.0. The summed E-state index contributed by atoms with van der Waals surface area (Å²) in [6.45, 7) is 2.72. The van der Waals surface area contributed by atoms with Gasteiger partial charge >= 0.3 is 0 Å². The van der Waals surface area contributed by atoms with Crippen LogP contribution in [-0.4, -0.2) is 30.3 Å². The Labute approximate surface area is 124 Å². The summed E-state index contributed by atoms with van der Waals surface area (Å²) in [5, 5.41) is 11.9. The molecule has 1 aromatic rings. The first-order chi connectivity index (χ1) is 10.2. The van der Waals surface area contributed by atoms with Crippen LogP contribution >= 0.6 is 0 Å². The van der Waals surface area contributed by atoms with Crippen LogP contribution in [0.25, 0.3) is 0 Å². The Morgan fingerprint density at radius 3 is 3.00 bits per heavy atom. The van der Waals surface area contributed by atoms with Crippen molar-refractivity contribution in [1.82, 2.24) is 5.32 Å². The Kier molecular flexibility index (Phi) is 5.56. The van der Waals surface area contributed by atoms with Gasteiger partial charge in [-0.15, -0.1) is 0 Å². The van der Waals surface area contributed by atoms with Crippen molar-refractivity contribution in [3.8, 4) is 5.75 Å². The van der Waals surface area contributed by atoms with Crippen LogP contribution < -0.4 is 10.1 Å². The van der Waals surface area contributed by atoms with Gasteiger partial charge in [0.15, 0.2) is 17.7 Å². The summed E-state index contributed by atoms with van der Waals surface area (Å²) in [7, 11) is 0. The second-order valence-corrected chi connectivity index (χ2v) is 5.45. The molecule has 1 amide bonds. The predicted octanol–water partition coefficient (Wildman–Crippen LogP) is 2.04. The maximum atomic E-state index is 13.6. The highest BCUT2D eigenvalue weighted by Gasteiger charge is 2.31. The molecule has 0 radical (unpaired) electrons. The first-order valence-corrected chi connectivity index (χ1v) is 7.48. The molecule has 116 valence electrons. The van der Waals surface area contributed by atoms with E-state index < -0.39 is 11.9 Å². The van der Waals surface area contributed by atoms with E-state index in [-0.39, 0.29) is 24.2 Å². The van der Waals surface area contributed by atoms with Gasteiger partial charge in [-0.25, -0.2) is 4.39 Å². The third-order valence-electron chi connectivity index (χ3n) is 3.81. The van der Waals surface area contributed by atoms with Gasteiger partial charge in [-0.1, -0.05) is 25.5 Å². The van der Waals surface area contributed by atoms with Crippen LogP contribution in [0.15, 0.2) is 18.2 Å². The van der Waals surface area contributed by atoms with E-state index in [1.165, 1.54) is 6.07 Å². The maximum absolute atomic E-state index is 13.6. The Balaban J connectivity index is 1.87. The fraction of sp³-hybridized carbons (Fsp3) is 0.562. The average Bonchev–Trinajstić information content (AvgIpc) is 2.90. The van der Waals surface area contributed by atoms with E-state index >= 15 is 0 Å². The van der Waals surface area contributed by atoms with Crippen molar-refractivity contribution >= 4 is 5.91 Å². The number of carbonyl (C=O) groups is 1. The van der Waals surface area contributed by atoms with Crippen molar-refractivity contribution in [2.75, 3.05) is 13.2 Å². The molecule has 2 rings (SSSR count). The summed E-state index contributed by atoms with van der Waals surface area (Å²) in [6, 6.07) is 4.73. The lowest BCUT2D eigenvalue weighted by Crippen LogP contribution is -2.40. The summed E-state index contributed by atoms with van der Waals surface area (Å²) in [5.74, 6) is -0.181. The summed E-state index contributed by atoms with van der Waals surface area (Å²) in [4.78, 5) is 12.1. The third-order valence-corrected chi connectivity index (χ3v) is 3.81. The molecule has 1 heterocycles. The van der Waals surface area contributed by atoms with E-state index in [2.05, 4.69) is 12.2 Å². The number of hydrogen-bond acceptors (Lipinski definition) is 3. The van der Waals surface area contributed by atoms with Crippen molar-refractivity contribution in [3.63, 3.8) is 0 Å². The van der Waals surface area contributed by atoms with Gasteiger partial charge in [0.2, 0.25) is 0 Å². The predicted molar refractivity (Wildman–Crippen MR) is 77.6 cm³/mol.